The van der Waals surface area contributed by atoms with E-state index in [2.05, 4.69) is 10.3 Å². The normalized spacial score (nSPS) is 12.6. The quantitative estimate of drug-likeness (QED) is 0.275. The molecule has 3 aromatic rings. The highest BCUT2D eigenvalue weighted by molar-refractivity contribution is 6.38. The zero-order chi connectivity index (χ0) is 27.7. The molecule has 0 aliphatic carbocycles. The monoisotopic (exact) mass is 530 g/mol. The predicted octanol–water partition coefficient (Wildman–Crippen LogP) is 2.49. The highest BCUT2D eigenvalue weighted by Crippen LogP contribution is 2.21. The van der Waals surface area contributed by atoms with Gasteiger partial charge in [0, 0.05) is 18.2 Å². The summed E-state index contributed by atoms with van der Waals surface area (Å²) in [4.78, 5) is 54.4. The summed E-state index contributed by atoms with van der Waals surface area (Å²) in [6, 6.07) is 11.8. The minimum absolute atomic E-state index is 0.129. The van der Waals surface area contributed by atoms with Crippen molar-refractivity contribution in [2.45, 2.75) is 31.2 Å². The summed E-state index contributed by atoms with van der Waals surface area (Å²) < 4.78 is 54.3. The number of amides is 3. The Morgan fingerprint density at radius 1 is 0.842 bits per heavy atom. The van der Waals surface area contributed by atoms with E-state index in [-0.39, 0.29) is 18.5 Å². The van der Waals surface area contributed by atoms with E-state index in [1.807, 2.05) is 5.32 Å². The van der Waals surface area contributed by atoms with Gasteiger partial charge < -0.3 is 16.0 Å². The molecule has 3 N–H and O–H groups in total. The van der Waals surface area contributed by atoms with Crippen molar-refractivity contribution in [3.05, 3.63) is 102 Å². The average Bonchev–Trinajstić information content (AvgIpc) is 2.90. The first-order valence-corrected chi connectivity index (χ1v) is 11.2. The SMILES string of the molecule is O=C(NCc1ccccn1)C(=O)[C@@H](Cc1ccccc1)NC(=O)C(NC(=O)c1ccc(F)cc1)C(F)(F)F. The van der Waals surface area contributed by atoms with E-state index in [9.17, 15) is 36.7 Å². The van der Waals surface area contributed by atoms with Gasteiger partial charge in [0.15, 0.2) is 0 Å². The van der Waals surface area contributed by atoms with Crippen LogP contribution in [0, 0.1) is 5.82 Å². The lowest BCUT2D eigenvalue weighted by molar-refractivity contribution is -0.167. The van der Waals surface area contributed by atoms with Crippen LogP contribution in [0.25, 0.3) is 0 Å². The highest BCUT2D eigenvalue weighted by atomic mass is 19.4. The number of hydrogen-bond acceptors (Lipinski definition) is 5. The molecule has 0 fully saturated rings. The molecule has 3 amide bonds. The molecular formula is C26H22F4N4O4. The lowest BCUT2D eigenvalue weighted by atomic mass is 10.0. The van der Waals surface area contributed by atoms with Crippen molar-refractivity contribution >= 4 is 23.5 Å². The van der Waals surface area contributed by atoms with Crippen molar-refractivity contribution in [1.29, 1.82) is 0 Å². The van der Waals surface area contributed by atoms with Gasteiger partial charge in [-0.2, -0.15) is 13.2 Å². The third-order valence-electron chi connectivity index (χ3n) is 5.27. The lowest BCUT2D eigenvalue weighted by Crippen LogP contribution is -2.59. The number of carbonyl (C=O) groups excluding carboxylic acids is 4. The summed E-state index contributed by atoms with van der Waals surface area (Å²) in [5, 5.41) is 5.85. The Morgan fingerprint density at radius 3 is 2.11 bits per heavy atom. The Labute approximate surface area is 214 Å². The number of aromatic nitrogens is 1. The van der Waals surface area contributed by atoms with Gasteiger partial charge in [-0.1, -0.05) is 36.4 Å². The summed E-state index contributed by atoms with van der Waals surface area (Å²) in [7, 11) is 0. The number of rotatable bonds is 10. The molecule has 8 nitrogen and oxygen atoms in total. The van der Waals surface area contributed by atoms with Gasteiger partial charge in [0.1, 0.15) is 11.9 Å². The van der Waals surface area contributed by atoms with Crippen LogP contribution in [0.1, 0.15) is 21.6 Å². The topological polar surface area (TPSA) is 117 Å². The van der Waals surface area contributed by atoms with Crippen molar-refractivity contribution in [3.63, 3.8) is 0 Å². The van der Waals surface area contributed by atoms with Gasteiger partial charge in [-0.3, -0.25) is 24.2 Å². The van der Waals surface area contributed by atoms with Crippen LogP contribution in [0.2, 0.25) is 0 Å². The fourth-order valence-electron chi connectivity index (χ4n) is 3.34. The molecule has 3 rings (SSSR count). The Bertz CT molecular complexity index is 1270. The van der Waals surface area contributed by atoms with Gasteiger partial charge >= 0.3 is 6.18 Å². The molecule has 0 radical (unpaired) electrons. The van der Waals surface area contributed by atoms with Crippen molar-refractivity contribution in [1.82, 2.24) is 20.9 Å². The molecular weight excluding hydrogens is 508 g/mol. The van der Waals surface area contributed by atoms with Gasteiger partial charge in [0.2, 0.25) is 11.8 Å². The van der Waals surface area contributed by atoms with Gasteiger partial charge in [0.05, 0.1) is 12.2 Å². The molecule has 2 atom stereocenters. The molecule has 2 aromatic carbocycles. The molecule has 0 bridgehead atoms. The number of nitrogens with one attached hydrogen (secondary N) is 3. The van der Waals surface area contributed by atoms with Gasteiger partial charge in [-0.25, -0.2) is 4.39 Å². The van der Waals surface area contributed by atoms with Crippen LogP contribution in [-0.4, -0.2) is 46.7 Å². The van der Waals surface area contributed by atoms with Gasteiger partial charge in [-0.15, -0.1) is 0 Å². The summed E-state index contributed by atoms with van der Waals surface area (Å²) in [5.41, 5.74) is 0.569. The standard InChI is InChI=1S/C26H22F4N4O4/c27-18-11-9-17(10-12-18)23(36)34-22(26(28,29)30)25(38)33-20(14-16-6-2-1-3-7-16)21(35)24(37)32-15-19-8-4-5-13-31-19/h1-13,20,22H,14-15H2,(H,32,37)(H,33,38)(H,34,36)/t20-,22?/m1/s1. The summed E-state index contributed by atoms with van der Waals surface area (Å²) in [6.07, 6.45) is -4.07. The van der Waals surface area contributed by atoms with Crippen LogP contribution in [0.4, 0.5) is 17.6 Å². The summed E-state index contributed by atoms with van der Waals surface area (Å²) >= 11 is 0. The molecule has 1 unspecified atom stereocenters. The van der Waals surface area contributed by atoms with Crippen molar-refractivity contribution in [2.75, 3.05) is 0 Å². The Kier molecular flexibility index (Phi) is 9.25. The zero-order valence-corrected chi connectivity index (χ0v) is 19.7. The number of benzene rings is 2. The molecule has 38 heavy (non-hydrogen) atoms. The number of Topliss-reactive ketones (excluding diaryl/α,β-unsaturated/α-hetero) is 1. The van der Waals surface area contributed by atoms with E-state index in [1.165, 1.54) is 6.20 Å². The maximum atomic E-state index is 13.7. The van der Waals surface area contributed by atoms with Crippen molar-refractivity contribution in [2.24, 2.45) is 0 Å². The number of nitrogens with zero attached hydrogens (tertiary/aromatic N) is 1. The second kappa shape index (κ2) is 12.6. The number of halogens is 4. The zero-order valence-electron chi connectivity index (χ0n) is 19.7. The number of hydrogen-bond donors (Lipinski definition) is 3. The second-order valence-electron chi connectivity index (χ2n) is 8.07. The van der Waals surface area contributed by atoms with E-state index < -0.39 is 47.6 Å². The molecule has 1 heterocycles. The first kappa shape index (κ1) is 28.0. The van der Waals surface area contributed by atoms with Crippen LogP contribution in [0.5, 0.6) is 0 Å². The van der Waals surface area contributed by atoms with E-state index in [4.69, 9.17) is 0 Å². The fourth-order valence-corrected chi connectivity index (χ4v) is 3.34. The molecule has 0 aliphatic heterocycles. The Morgan fingerprint density at radius 2 is 1.50 bits per heavy atom. The smallest absolute Gasteiger partial charge is 0.344 e. The molecule has 0 saturated heterocycles. The van der Waals surface area contributed by atoms with E-state index in [0.717, 1.165) is 24.3 Å². The molecule has 0 aliphatic rings. The van der Waals surface area contributed by atoms with Gasteiger partial charge in [-0.05, 0) is 42.0 Å². The Balaban J connectivity index is 1.78. The van der Waals surface area contributed by atoms with Gasteiger partial charge in [0.25, 0.3) is 17.7 Å². The second-order valence-corrected chi connectivity index (χ2v) is 8.07. The van der Waals surface area contributed by atoms with Crippen LogP contribution < -0.4 is 16.0 Å². The van der Waals surface area contributed by atoms with Crippen molar-refractivity contribution < 1.29 is 36.7 Å². The molecule has 12 heteroatoms. The van der Waals surface area contributed by atoms with E-state index >= 15 is 0 Å². The first-order chi connectivity index (χ1) is 18.0. The maximum Gasteiger partial charge on any atom is 0.417 e. The maximum absolute atomic E-state index is 13.7. The average molecular weight is 530 g/mol. The minimum Gasteiger partial charge on any atom is -0.344 e. The minimum atomic E-state index is -5.25. The molecule has 198 valence electrons. The highest BCUT2D eigenvalue weighted by Gasteiger charge is 2.47. The molecule has 0 spiro atoms. The fraction of sp³-hybridized carbons (Fsp3) is 0.192. The van der Waals surface area contributed by atoms with Crippen LogP contribution in [0.15, 0.2) is 79.0 Å². The predicted molar refractivity (Wildman–Crippen MR) is 127 cm³/mol. The number of alkyl halides is 3. The number of ketones is 1. The third-order valence-corrected chi connectivity index (χ3v) is 5.27. The third kappa shape index (κ3) is 7.95. The van der Waals surface area contributed by atoms with E-state index in [0.29, 0.717) is 11.3 Å². The number of pyridine rings is 1. The summed E-state index contributed by atoms with van der Waals surface area (Å²) in [6.45, 7) is -0.129. The van der Waals surface area contributed by atoms with Crippen LogP contribution in [-0.2, 0) is 27.3 Å². The molecule has 0 saturated carbocycles. The largest absolute Gasteiger partial charge is 0.417 e. The Hall–Kier alpha value is -4.61. The van der Waals surface area contributed by atoms with E-state index in [1.54, 1.807) is 53.8 Å². The summed E-state index contributed by atoms with van der Waals surface area (Å²) in [5.74, 6) is -6.09. The first-order valence-electron chi connectivity index (χ1n) is 11.2. The molecule has 1 aromatic heterocycles. The van der Waals surface area contributed by atoms with Crippen LogP contribution >= 0.6 is 0 Å². The van der Waals surface area contributed by atoms with Crippen LogP contribution in [0.3, 0.4) is 0 Å². The lowest BCUT2D eigenvalue weighted by Gasteiger charge is -2.24. The number of carbonyl (C=O) groups is 4. The van der Waals surface area contributed by atoms with Crippen molar-refractivity contribution in [3.8, 4) is 0 Å².